The van der Waals surface area contributed by atoms with Gasteiger partial charge in [-0.3, -0.25) is 9.59 Å². The number of amides is 1. The zero-order valence-corrected chi connectivity index (χ0v) is 12.6. The molecule has 0 aromatic heterocycles. The van der Waals surface area contributed by atoms with Crippen LogP contribution in [0, 0.1) is 11.2 Å². The second-order valence-electron chi connectivity index (χ2n) is 6.40. The van der Waals surface area contributed by atoms with E-state index < -0.39 is 17.8 Å². The van der Waals surface area contributed by atoms with E-state index in [1.807, 2.05) is 20.8 Å². The Morgan fingerprint density at radius 3 is 2.43 bits per heavy atom. The first kappa shape index (κ1) is 17.1. The maximum atomic E-state index is 13.5. The van der Waals surface area contributed by atoms with Crippen molar-refractivity contribution in [2.24, 2.45) is 5.41 Å². The third-order valence-electron chi connectivity index (χ3n) is 2.95. The van der Waals surface area contributed by atoms with Crippen LogP contribution in [0.2, 0.25) is 0 Å². The van der Waals surface area contributed by atoms with Gasteiger partial charge in [-0.25, -0.2) is 4.39 Å². The summed E-state index contributed by atoms with van der Waals surface area (Å²) in [6.45, 7) is 5.93. The standard InChI is InChI=1S/C16H22FNO3/c1-16(2,3)10-12(9-15(20)21)18-14(19)8-11-6-4-5-7-13(11)17/h4-7,12H,8-10H2,1-3H3,(H,18,19)(H,20,21). The quantitative estimate of drug-likeness (QED) is 0.848. The van der Waals surface area contributed by atoms with Crippen molar-refractivity contribution in [3.63, 3.8) is 0 Å². The van der Waals surface area contributed by atoms with Gasteiger partial charge in [-0.1, -0.05) is 39.0 Å². The summed E-state index contributed by atoms with van der Waals surface area (Å²) in [5, 5.41) is 11.6. The van der Waals surface area contributed by atoms with Crippen LogP contribution in [0.1, 0.15) is 39.2 Å². The number of benzene rings is 1. The highest BCUT2D eigenvalue weighted by atomic mass is 19.1. The minimum Gasteiger partial charge on any atom is -0.481 e. The number of rotatable bonds is 6. The lowest BCUT2D eigenvalue weighted by atomic mass is 9.87. The molecule has 1 amide bonds. The van der Waals surface area contributed by atoms with Gasteiger partial charge in [0, 0.05) is 6.04 Å². The summed E-state index contributed by atoms with van der Waals surface area (Å²) in [5.41, 5.74) is 0.200. The van der Waals surface area contributed by atoms with Crippen LogP contribution in [0.15, 0.2) is 24.3 Å². The summed E-state index contributed by atoms with van der Waals surface area (Å²) in [6.07, 6.45) is 0.315. The third-order valence-corrected chi connectivity index (χ3v) is 2.95. The number of carbonyl (C=O) groups excluding carboxylic acids is 1. The molecule has 0 aliphatic rings. The van der Waals surface area contributed by atoms with Crippen molar-refractivity contribution in [1.82, 2.24) is 5.32 Å². The minimum atomic E-state index is -0.963. The smallest absolute Gasteiger partial charge is 0.305 e. The monoisotopic (exact) mass is 295 g/mol. The van der Waals surface area contributed by atoms with Gasteiger partial charge in [0.15, 0.2) is 0 Å². The first-order chi connectivity index (χ1) is 9.67. The topological polar surface area (TPSA) is 66.4 Å². The Hall–Kier alpha value is -1.91. The van der Waals surface area contributed by atoms with Gasteiger partial charge in [0.1, 0.15) is 5.82 Å². The highest BCUT2D eigenvalue weighted by Crippen LogP contribution is 2.22. The van der Waals surface area contributed by atoms with Gasteiger partial charge in [-0.2, -0.15) is 0 Å². The molecule has 0 bridgehead atoms. The van der Waals surface area contributed by atoms with Gasteiger partial charge < -0.3 is 10.4 Å². The molecule has 1 unspecified atom stereocenters. The molecule has 1 rings (SSSR count). The van der Waals surface area contributed by atoms with Crippen LogP contribution in [0.5, 0.6) is 0 Å². The van der Waals surface area contributed by atoms with E-state index in [2.05, 4.69) is 5.32 Å². The molecule has 0 aliphatic heterocycles. The van der Waals surface area contributed by atoms with E-state index in [4.69, 9.17) is 5.11 Å². The maximum absolute atomic E-state index is 13.5. The maximum Gasteiger partial charge on any atom is 0.305 e. The molecule has 0 saturated carbocycles. The zero-order valence-electron chi connectivity index (χ0n) is 12.6. The highest BCUT2D eigenvalue weighted by molar-refractivity contribution is 5.79. The Kier molecular flexibility index (Phi) is 5.88. The number of nitrogens with one attached hydrogen (secondary N) is 1. The first-order valence-electron chi connectivity index (χ1n) is 6.92. The van der Waals surface area contributed by atoms with E-state index in [1.165, 1.54) is 6.07 Å². The molecule has 4 nitrogen and oxygen atoms in total. The van der Waals surface area contributed by atoms with Crippen LogP contribution in [0.4, 0.5) is 4.39 Å². The lowest BCUT2D eigenvalue weighted by molar-refractivity contribution is -0.137. The molecule has 0 heterocycles. The molecule has 2 N–H and O–H groups in total. The summed E-state index contributed by atoms with van der Waals surface area (Å²) in [5.74, 6) is -1.76. The number of hydrogen-bond donors (Lipinski definition) is 2. The minimum absolute atomic E-state index is 0.0903. The van der Waals surface area contributed by atoms with Crippen molar-refractivity contribution in [2.75, 3.05) is 0 Å². The zero-order chi connectivity index (χ0) is 16.0. The Morgan fingerprint density at radius 2 is 1.90 bits per heavy atom. The van der Waals surface area contributed by atoms with E-state index in [0.717, 1.165) is 0 Å². The molecule has 116 valence electrons. The van der Waals surface area contributed by atoms with Gasteiger partial charge in [0.05, 0.1) is 12.8 Å². The fourth-order valence-electron chi connectivity index (χ4n) is 2.22. The fraction of sp³-hybridized carbons (Fsp3) is 0.500. The second kappa shape index (κ2) is 7.20. The molecule has 0 saturated heterocycles. The van der Waals surface area contributed by atoms with Crippen LogP contribution in [-0.2, 0) is 16.0 Å². The predicted molar refractivity (Wildman–Crippen MR) is 78.4 cm³/mol. The average Bonchev–Trinajstić information content (AvgIpc) is 2.28. The summed E-state index contributed by atoms with van der Waals surface area (Å²) < 4.78 is 13.5. The normalized spacial score (nSPS) is 12.8. The number of hydrogen-bond acceptors (Lipinski definition) is 2. The van der Waals surface area contributed by atoms with Gasteiger partial charge in [0.25, 0.3) is 0 Å². The van der Waals surface area contributed by atoms with Crippen molar-refractivity contribution in [2.45, 2.75) is 46.1 Å². The molecule has 0 spiro atoms. The predicted octanol–water partition coefficient (Wildman–Crippen LogP) is 2.76. The molecule has 1 aromatic rings. The van der Waals surface area contributed by atoms with Crippen LogP contribution in [0.3, 0.4) is 0 Å². The molecule has 5 heteroatoms. The SMILES string of the molecule is CC(C)(C)CC(CC(=O)O)NC(=O)Cc1ccccc1F. The second-order valence-corrected chi connectivity index (χ2v) is 6.40. The van der Waals surface area contributed by atoms with Crippen LogP contribution in [-0.4, -0.2) is 23.0 Å². The van der Waals surface area contributed by atoms with E-state index in [1.54, 1.807) is 18.2 Å². The van der Waals surface area contributed by atoms with Crippen molar-refractivity contribution >= 4 is 11.9 Å². The lowest BCUT2D eigenvalue weighted by Gasteiger charge is -2.25. The Bertz CT molecular complexity index is 508. The Labute approximate surface area is 124 Å². The molecule has 21 heavy (non-hydrogen) atoms. The Balaban J connectivity index is 2.67. The average molecular weight is 295 g/mol. The number of halogens is 1. The molecular weight excluding hydrogens is 273 g/mol. The van der Waals surface area contributed by atoms with Gasteiger partial charge in [-0.05, 0) is 23.5 Å². The summed E-state index contributed by atoms with van der Waals surface area (Å²) in [4.78, 5) is 22.8. The van der Waals surface area contributed by atoms with Crippen LogP contribution < -0.4 is 5.32 Å². The molecule has 0 aliphatic carbocycles. The summed E-state index contributed by atoms with van der Waals surface area (Å²) >= 11 is 0. The van der Waals surface area contributed by atoms with E-state index in [-0.39, 0.29) is 24.2 Å². The molecule has 0 radical (unpaired) electrons. The van der Waals surface area contributed by atoms with E-state index in [9.17, 15) is 14.0 Å². The number of carboxylic acid groups (broad SMARTS) is 1. The number of carbonyl (C=O) groups is 2. The van der Waals surface area contributed by atoms with Crippen molar-refractivity contribution in [3.8, 4) is 0 Å². The van der Waals surface area contributed by atoms with Gasteiger partial charge >= 0.3 is 5.97 Å². The summed E-state index contributed by atoms with van der Waals surface area (Å²) in [6, 6.07) is 5.61. The Morgan fingerprint density at radius 1 is 1.29 bits per heavy atom. The molecule has 1 aromatic carbocycles. The number of aliphatic carboxylic acids is 1. The summed E-state index contributed by atoms with van der Waals surface area (Å²) in [7, 11) is 0. The van der Waals surface area contributed by atoms with Crippen molar-refractivity contribution in [1.29, 1.82) is 0 Å². The highest BCUT2D eigenvalue weighted by Gasteiger charge is 2.23. The first-order valence-corrected chi connectivity index (χ1v) is 6.92. The van der Waals surface area contributed by atoms with Gasteiger partial charge in [0.2, 0.25) is 5.91 Å². The number of carboxylic acids is 1. The van der Waals surface area contributed by atoms with E-state index >= 15 is 0 Å². The van der Waals surface area contributed by atoms with E-state index in [0.29, 0.717) is 12.0 Å². The largest absolute Gasteiger partial charge is 0.481 e. The lowest BCUT2D eigenvalue weighted by Crippen LogP contribution is -2.39. The molecular formula is C16H22FNO3. The van der Waals surface area contributed by atoms with Crippen molar-refractivity contribution < 1.29 is 19.1 Å². The van der Waals surface area contributed by atoms with Crippen LogP contribution in [0.25, 0.3) is 0 Å². The molecule has 1 atom stereocenters. The molecule has 0 fully saturated rings. The van der Waals surface area contributed by atoms with Crippen molar-refractivity contribution in [3.05, 3.63) is 35.6 Å². The van der Waals surface area contributed by atoms with Crippen LogP contribution >= 0.6 is 0 Å². The van der Waals surface area contributed by atoms with Gasteiger partial charge in [-0.15, -0.1) is 0 Å². The fourth-order valence-corrected chi connectivity index (χ4v) is 2.22. The third kappa shape index (κ3) is 6.88.